The van der Waals surface area contributed by atoms with E-state index in [0.29, 0.717) is 13.2 Å². The molecule has 0 unspecified atom stereocenters. The number of hydrogen-bond acceptors (Lipinski definition) is 3. The highest BCUT2D eigenvalue weighted by Gasteiger charge is 1.95. The van der Waals surface area contributed by atoms with Gasteiger partial charge in [0, 0.05) is 11.0 Å². The zero-order valence-electron chi connectivity index (χ0n) is 7.16. The lowest BCUT2D eigenvalue weighted by molar-refractivity contribution is 0.359. The van der Waals surface area contributed by atoms with Crippen LogP contribution >= 0.6 is 15.9 Å². The number of nitrogens with two attached hydrogens (primary N) is 1. The molecule has 0 fully saturated rings. The van der Waals surface area contributed by atoms with E-state index in [9.17, 15) is 0 Å². The Morgan fingerprint density at radius 3 is 2.85 bits per heavy atom. The lowest BCUT2D eigenvalue weighted by atomic mass is 10.3. The van der Waals surface area contributed by atoms with Gasteiger partial charge >= 0.3 is 0 Å². The maximum absolute atomic E-state index is 5.40. The molecule has 70 valence electrons. The maximum atomic E-state index is 5.40. The summed E-state index contributed by atoms with van der Waals surface area (Å²) in [6.07, 6.45) is 1.65. The fraction of sp³-hybridized carbons (Fsp3) is 0.222. The van der Waals surface area contributed by atoms with Crippen LogP contribution < -0.4 is 10.5 Å². The SMILES string of the molecule is C=C(Br)COc1ccc(CN)nc1. The van der Waals surface area contributed by atoms with Crippen molar-refractivity contribution >= 4 is 15.9 Å². The van der Waals surface area contributed by atoms with Gasteiger partial charge in [-0.15, -0.1) is 0 Å². The van der Waals surface area contributed by atoms with Crippen LogP contribution in [-0.4, -0.2) is 11.6 Å². The van der Waals surface area contributed by atoms with Crippen LogP contribution in [0.25, 0.3) is 0 Å². The minimum absolute atomic E-state index is 0.448. The third-order valence-electron chi connectivity index (χ3n) is 1.40. The van der Waals surface area contributed by atoms with E-state index in [1.807, 2.05) is 12.1 Å². The van der Waals surface area contributed by atoms with Crippen molar-refractivity contribution in [3.05, 3.63) is 35.1 Å². The number of nitrogens with zero attached hydrogens (tertiary/aromatic N) is 1. The quantitative estimate of drug-likeness (QED) is 0.877. The summed E-state index contributed by atoms with van der Waals surface area (Å²) in [6.45, 7) is 4.55. The Morgan fingerprint density at radius 2 is 2.38 bits per heavy atom. The molecular weight excluding hydrogens is 232 g/mol. The average Bonchev–Trinajstić information content (AvgIpc) is 2.15. The number of pyridine rings is 1. The molecule has 1 rings (SSSR count). The van der Waals surface area contributed by atoms with Crippen LogP contribution in [0.4, 0.5) is 0 Å². The molecule has 0 spiro atoms. The van der Waals surface area contributed by atoms with Gasteiger partial charge in [0.2, 0.25) is 0 Å². The van der Waals surface area contributed by atoms with Crippen molar-refractivity contribution in [3.63, 3.8) is 0 Å². The summed E-state index contributed by atoms with van der Waals surface area (Å²) in [7, 11) is 0. The van der Waals surface area contributed by atoms with E-state index >= 15 is 0 Å². The van der Waals surface area contributed by atoms with Crippen LogP contribution in [0.15, 0.2) is 29.4 Å². The minimum Gasteiger partial charge on any atom is -0.487 e. The zero-order valence-corrected chi connectivity index (χ0v) is 8.75. The third-order valence-corrected chi connectivity index (χ3v) is 1.63. The Bertz CT molecular complexity index is 284. The summed E-state index contributed by atoms with van der Waals surface area (Å²) in [5, 5.41) is 0. The normalized spacial score (nSPS) is 9.69. The monoisotopic (exact) mass is 242 g/mol. The molecule has 0 aliphatic rings. The number of hydrogen-bond donors (Lipinski definition) is 1. The van der Waals surface area contributed by atoms with Crippen LogP contribution in [0.3, 0.4) is 0 Å². The lowest BCUT2D eigenvalue weighted by Crippen LogP contribution is -2.00. The first-order valence-corrected chi connectivity index (χ1v) is 4.62. The molecule has 0 radical (unpaired) electrons. The van der Waals surface area contributed by atoms with Gasteiger partial charge in [0.05, 0.1) is 11.9 Å². The topological polar surface area (TPSA) is 48.1 Å². The molecule has 0 saturated heterocycles. The van der Waals surface area contributed by atoms with E-state index < -0.39 is 0 Å². The first kappa shape index (κ1) is 10.2. The van der Waals surface area contributed by atoms with E-state index in [4.69, 9.17) is 10.5 Å². The lowest BCUT2D eigenvalue weighted by Gasteiger charge is -2.04. The number of halogens is 1. The predicted octanol–water partition coefficient (Wildman–Crippen LogP) is 1.83. The molecule has 0 amide bonds. The molecular formula is C9H11BrN2O. The van der Waals surface area contributed by atoms with Crippen molar-refractivity contribution in [2.45, 2.75) is 6.54 Å². The highest BCUT2D eigenvalue weighted by molar-refractivity contribution is 9.11. The second-order valence-corrected chi connectivity index (χ2v) is 3.62. The molecule has 2 N–H and O–H groups in total. The molecule has 1 aromatic rings. The van der Waals surface area contributed by atoms with Crippen molar-refractivity contribution in [1.82, 2.24) is 4.98 Å². The summed E-state index contributed by atoms with van der Waals surface area (Å²) in [5.74, 6) is 0.720. The Labute approximate surface area is 85.7 Å². The van der Waals surface area contributed by atoms with Gasteiger partial charge in [-0.05, 0) is 12.1 Å². The minimum atomic E-state index is 0.448. The molecule has 4 heteroatoms. The summed E-state index contributed by atoms with van der Waals surface area (Å²) < 4.78 is 6.12. The second-order valence-electron chi connectivity index (χ2n) is 2.50. The Balaban J connectivity index is 2.54. The molecule has 3 nitrogen and oxygen atoms in total. The average molecular weight is 243 g/mol. The van der Waals surface area contributed by atoms with Gasteiger partial charge in [-0.2, -0.15) is 0 Å². The molecule has 0 aliphatic heterocycles. The first-order chi connectivity index (χ1) is 6.22. The molecule has 0 atom stereocenters. The highest BCUT2D eigenvalue weighted by Crippen LogP contribution is 2.11. The molecule has 0 aromatic carbocycles. The van der Waals surface area contributed by atoms with Gasteiger partial charge in [-0.3, -0.25) is 4.98 Å². The summed E-state index contributed by atoms with van der Waals surface area (Å²) >= 11 is 3.20. The summed E-state index contributed by atoms with van der Waals surface area (Å²) in [6, 6.07) is 3.68. The number of rotatable bonds is 4. The van der Waals surface area contributed by atoms with Gasteiger partial charge in [0.25, 0.3) is 0 Å². The van der Waals surface area contributed by atoms with Crippen LogP contribution in [0.1, 0.15) is 5.69 Å². The van der Waals surface area contributed by atoms with Gasteiger partial charge in [0.15, 0.2) is 0 Å². The second kappa shape index (κ2) is 4.99. The van der Waals surface area contributed by atoms with Crippen LogP contribution in [0.2, 0.25) is 0 Å². The molecule has 0 bridgehead atoms. The molecule has 1 aromatic heterocycles. The fourth-order valence-corrected chi connectivity index (χ4v) is 0.893. The fourth-order valence-electron chi connectivity index (χ4n) is 0.779. The smallest absolute Gasteiger partial charge is 0.138 e. The molecule has 0 aliphatic carbocycles. The molecule has 0 saturated carbocycles. The summed E-state index contributed by atoms with van der Waals surface area (Å²) in [4.78, 5) is 4.08. The van der Waals surface area contributed by atoms with Gasteiger partial charge in [-0.25, -0.2) is 0 Å². The van der Waals surface area contributed by atoms with Gasteiger partial charge < -0.3 is 10.5 Å². The molecule has 13 heavy (non-hydrogen) atoms. The highest BCUT2D eigenvalue weighted by atomic mass is 79.9. The summed E-state index contributed by atoms with van der Waals surface area (Å²) in [5.41, 5.74) is 6.25. The first-order valence-electron chi connectivity index (χ1n) is 3.83. The number of aromatic nitrogens is 1. The van der Waals surface area contributed by atoms with Crippen molar-refractivity contribution < 1.29 is 4.74 Å². The van der Waals surface area contributed by atoms with Crippen LogP contribution in [0.5, 0.6) is 5.75 Å². The maximum Gasteiger partial charge on any atom is 0.138 e. The van der Waals surface area contributed by atoms with E-state index in [1.165, 1.54) is 0 Å². The number of ether oxygens (including phenoxy) is 1. The van der Waals surface area contributed by atoms with E-state index in [1.54, 1.807) is 6.20 Å². The van der Waals surface area contributed by atoms with Gasteiger partial charge in [0.1, 0.15) is 12.4 Å². The standard InChI is InChI=1S/C9H11BrN2O/c1-7(10)6-13-9-3-2-8(4-11)12-5-9/h2-3,5H,1,4,6,11H2. The van der Waals surface area contributed by atoms with E-state index in [0.717, 1.165) is 15.9 Å². The largest absolute Gasteiger partial charge is 0.487 e. The van der Waals surface area contributed by atoms with Crippen LogP contribution in [0, 0.1) is 0 Å². The Morgan fingerprint density at radius 1 is 1.62 bits per heavy atom. The van der Waals surface area contributed by atoms with Gasteiger partial charge in [-0.1, -0.05) is 22.5 Å². The Hall–Kier alpha value is -0.870. The molecule has 1 heterocycles. The van der Waals surface area contributed by atoms with E-state index in [2.05, 4.69) is 27.5 Å². The Kier molecular flexibility index (Phi) is 3.92. The van der Waals surface area contributed by atoms with Crippen molar-refractivity contribution in [3.8, 4) is 5.75 Å². The van der Waals surface area contributed by atoms with Crippen molar-refractivity contribution in [2.75, 3.05) is 6.61 Å². The van der Waals surface area contributed by atoms with Crippen molar-refractivity contribution in [2.24, 2.45) is 5.73 Å². The van der Waals surface area contributed by atoms with Crippen molar-refractivity contribution in [1.29, 1.82) is 0 Å². The third kappa shape index (κ3) is 3.57. The van der Waals surface area contributed by atoms with E-state index in [-0.39, 0.29) is 0 Å². The predicted molar refractivity (Wildman–Crippen MR) is 55.7 cm³/mol. The zero-order chi connectivity index (χ0) is 9.68. The van der Waals surface area contributed by atoms with Crippen LogP contribution in [-0.2, 0) is 6.54 Å².